The van der Waals surface area contributed by atoms with Gasteiger partial charge in [0.2, 0.25) is 0 Å². The fraction of sp³-hybridized carbons (Fsp3) is 0.333. The lowest BCUT2D eigenvalue weighted by Gasteiger charge is -2.05. The van der Waals surface area contributed by atoms with Gasteiger partial charge in [-0.2, -0.15) is 0 Å². The van der Waals surface area contributed by atoms with E-state index in [0.717, 1.165) is 28.6 Å². The number of nitrogens with one attached hydrogen (secondary N) is 1. The van der Waals surface area contributed by atoms with Crippen LogP contribution in [-0.2, 0) is 6.42 Å². The van der Waals surface area contributed by atoms with Gasteiger partial charge in [-0.15, -0.1) is 12.4 Å². The van der Waals surface area contributed by atoms with Gasteiger partial charge in [0.05, 0.1) is 0 Å². The predicted molar refractivity (Wildman–Crippen MR) is 61.3 cm³/mol. The number of hydrogen-bond donors (Lipinski definition) is 1. The van der Waals surface area contributed by atoms with Gasteiger partial charge in [0.25, 0.3) is 0 Å². The molecule has 0 fully saturated rings. The van der Waals surface area contributed by atoms with Crippen molar-refractivity contribution in [3.8, 4) is 0 Å². The van der Waals surface area contributed by atoms with Crippen molar-refractivity contribution in [1.82, 2.24) is 5.32 Å². The Hall–Kier alpha value is 0.0500. The Kier molecular flexibility index (Phi) is 6.52. The van der Waals surface area contributed by atoms with Crippen molar-refractivity contribution >= 4 is 35.6 Å². The second kappa shape index (κ2) is 6.50. The Morgan fingerprint density at radius 1 is 1.23 bits per heavy atom. The summed E-state index contributed by atoms with van der Waals surface area (Å²) in [6.45, 7) is 0.892. The van der Waals surface area contributed by atoms with Crippen LogP contribution in [0.15, 0.2) is 18.2 Å². The first kappa shape index (κ1) is 13.1. The lowest BCUT2D eigenvalue weighted by Crippen LogP contribution is -2.10. The third kappa shape index (κ3) is 3.74. The fourth-order valence-electron chi connectivity index (χ4n) is 1.02. The van der Waals surface area contributed by atoms with E-state index in [1.54, 1.807) is 0 Å². The molecule has 1 nitrogen and oxygen atoms in total. The van der Waals surface area contributed by atoms with E-state index >= 15 is 0 Å². The minimum atomic E-state index is 0. The Morgan fingerprint density at radius 3 is 2.23 bits per heavy atom. The first-order valence-corrected chi connectivity index (χ1v) is 4.59. The van der Waals surface area contributed by atoms with E-state index < -0.39 is 0 Å². The van der Waals surface area contributed by atoms with Gasteiger partial charge >= 0.3 is 0 Å². The molecule has 0 heterocycles. The zero-order valence-corrected chi connectivity index (χ0v) is 9.64. The van der Waals surface area contributed by atoms with Crippen molar-refractivity contribution in [1.29, 1.82) is 0 Å². The average Bonchev–Trinajstić information content (AvgIpc) is 2.04. The summed E-state index contributed by atoms with van der Waals surface area (Å²) in [6.07, 6.45) is 0.870. The zero-order chi connectivity index (χ0) is 8.97. The van der Waals surface area contributed by atoms with Gasteiger partial charge in [-0.25, -0.2) is 0 Å². The molecule has 0 aliphatic carbocycles. The molecule has 0 saturated carbocycles. The molecular formula is C9H12Cl3N. The second-order valence-corrected chi connectivity index (χ2v) is 3.37. The van der Waals surface area contributed by atoms with Crippen molar-refractivity contribution in [2.24, 2.45) is 0 Å². The van der Waals surface area contributed by atoms with Crippen molar-refractivity contribution in [3.63, 3.8) is 0 Å². The highest BCUT2D eigenvalue weighted by molar-refractivity contribution is 6.35. The molecule has 0 bridgehead atoms. The molecule has 0 radical (unpaired) electrons. The maximum atomic E-state index is 5.95. The molecular weight excluding hydrogens is 228 g/mol. The standard InChI is InChI=1S/C9H11Cl2N.ClH/c1-12-6-5-7-8(10)3-2-4-9(7)11;/h2-4,12H,5-6H2,1H3;1H. The maximum absolute atomic E-state index is 5.95. The monoisotopic (exact) mass is 239 g/mol. The lowest BCUT2D eigenvalue weighted by atomic mass is 10.1. The Labute approximate surface area is 94.8 Å². The van der Waals surface area contributed by atoms with Crippen LogP contribution in [0.25, 0.3) is 0 Å². The van der Waals surface area contributed by atoms with Crippen LogP contribution >= 0.6 is 35.6 Å². The fourth-order valence-corrected chi connectivity index (χ4v) is 1.61. The SMILES string of the molecule is CNCCc1c(Cl)cccc1Cl.Cl. The molecule has 1 N–H and O–H groups in total. The Balaban J connectivity index is 0.00000144. The quantitative estimate of drug-likeness (QED) is 0.856. The van der Waals surface area contributed by atoms with Gasteiger partial charge in [0.15, 0.2) is 0 Å². The summed E-state index contributed by atoms with van der Waals surface area (Å²) in [6, 6.07) is 5.57. The summed E-state index contributed by atoms with van der Waals surface area (Å²) >= 11 is 11.9. The van der Waals surface area contributed by atoms with E-state index in [1.807, 2.05) is 25.2 Å². The molecule has 0 unspecified atom stereocenters. The molecule has 0 atom stereocenters. The topological polar surface area (TPSA) is 12.0 Å². The van der Waals surface area contributed by atoms with Gasteiger partial charge < -0.3 is 5.32 Å². The van der Waals surface area contributed by atoms with Crippen LogP contribution in [0.3, 0.4) is 0 Å². The molecule has 1 aromatic rings. The van der Waals surface area contributed by atoms with Crippen LogP contribution in [0.2, 0.25) is 10.0 Å². The highest BCUT2D eigenvalue weighted by Gasteiger charge is 2.03. The van der Waals surface area contributed by atoms with Crippen LogP contribution < -0.4 is 5.32 Å². The summed E-state index contributed by atoms with van der Waals surface area (Å²) in [4.78, 5) is 0. The van der Waals surface area contributed by atoms with Gasteiger partial charge in [0.1, 0.15) is 0 Å². The summed E-state index contributed by atoms with van der Waals surface area (Å²) in [5, 5.41) is 4.55. The number of halogens is 3. The molecule has 74 valence electrons. The molecule has 4 heteroatoms. The molecule has 0 aliphatic rings. The van der Waals surface area contributed by atoms with E-state index in [2.05, 4.69) is 5.32 Å². The van der Waals surface area contributed by atoms with Crippen molar-refractivity contribution in [2.45, 2.75) is 6.42 Å². The van der Waals surface area contributed by atoms with Crippen LogP contribution in [0.1, 0.15) is 5.56 Å². The highest BCUT2D eigenvalue weighted by atomic mass is 35.5. The molecule has 1 rings (SSSR count). The largest absolute Gasteiger partial charge is 0.319 e. The summed E-state index contributed by atoms with van der Waals surface area (Å²) in [7, 11) is 1.91. The molecule has 1 aromatic carbocycles. The van der Waals surface area contributed by atoms with E-state index in [4.69, 9.17) is 23.2 Å². The van der Waals surface area contributed by atoms with Crippen molar-refractivity contribution < 1.29 is 0 Å². The number of benzene rings is 1. The van der Waals surface area contributed by atoms with E-state index in [9.17, 15) is 0 Å². The third-order valence-electron chi connectivity index (χ3n) is 1.69. The van der Waals surface area contributed by atoms with Crippen LogP contribution in [-0.4, -0.2) is 13.6 Å². The highest BCUT2D eigenvalue weighted by Crippen LogP contribution is 2.24. The van der Waals surface area contributed by atoms with Crippen LogP contribution in [0.4, 0.5) is 0 Å². The zero-order valence-electron chi connectivity index (χ0n) is 7.31. The minimum absolute atomic E-state index is 0. The normalized spacial score (nSPS) is 9.46. The smallest absolute Gasteiger partial charge is 0.0453 e. The van der Waals surface area contributed by atoms with Crippen molar-refractivity contribution in [2.75, 3.05) is 13.6 Å². The predicted octanol–water partition coefficient (Wildman–Crippen LogP) is 3.18. The van der Waals surface area contributed by atoms with E-state index in [-0.39, 0.29) is 12.4 Å². The third-order valence-corrected chi connectivity index (χ3v) is 2.39. The van der Waals surface area contributed by atoms with Crippen molar-refractivity contribution in [3.05, 3.63) is 33.8 Å². The van der Waals surface area contributed by atoms with E-state index in [1.165, 1.54) is 0 Å². The van der Waals surface area contributed by atoms with Gasteiger partial charge in [0, 0.05) is 10.0 Å². The summed E-state index contributed by atoms with van der Waals surface area (Å²) in [5.41, 5.74) is 1.02. The average molecular weight is 241 g/mol. The summed E-state index contributed by atoms with van der Waals surface area (Å²) in [5.74, 6) is 0. The number of likely N-dealkylation sites (N-methyl/N-ethyl adjacent to an activating group) is 1. The number of rotatable bonds is 3. The van der Waals surface area contributed by atoms with Crippen LogP contribution in [0.5, 0.6) is 0 Å². The lowest BCUT2D eigenvalue weighted by molar-refractivity contribution is 0.792. The molecule has 0 aromatic heterocycles. The van der Waals surface area contributed by atoms with Gasteiger partial charge in [-0.1, -0.05) is 29.3 Å². The summed E-state index contributed by atoms with van der Waals surface area (Å²) < 4.78 is 0. The van der Waals surface area contributed by atoms with Gasteiger partial charge in [-0.3, -0.25) is 0 Å². The van der Waals surface area contributed by atoms with E-state index in [0.29, 0.717) is 0 Å². The van der Waals surface area contributed by atoms with Gasteiger partial charge in [-0.05, 0) is 37.7 Å². The van der Waals surface area contributed by atoms with Crippen LogP contribution in [0, 0.1) is 0 Å². The molecule has 0 spiro atoms. The first-order chi connectivity index (χ1) is 5.75. The molecule has 0 aliphatic heterocycles. The molecule has 13 heavy (non-hydrogen) atoms. The Morgan fingerprint density at radius 2 is 1.77 bits per heavy atom. The number of hydrogen-bond acceptors (Lipinski definition) is 1. The molecule has 0 amide bonds. The first-order valence-electron chi connectivity index (χ1n) is 3.83. The maximum Gasteiger partial charge on any atom is 0.0453 e. The molecule has 0 saturated heterocycles. The minimum Gasteiger partial charge on any atom is -0.319 e. The Bertz CT molecular complexity index is 243. The second-order valence-electron chi connectivity index (χ2n) is 2.55.